The molecule has 0 aliphatic heterocycles. The molecule has 1 aromatic heterocycles. The van der Waals surface area contributed by atoms with Crippen LogP contribution in [0.2, 0.25) is 0 Å². The molecule has 1 aromatic carbocycles. The fourth-order valence-electron chi connectivity index (χ4n) is 2.52. The Morgan fingerprint density at radius 1 is 1.26 bits per heavy atom. The Morgan fingerprint density at radius 3 is 2.45 bits per heavy atom. The van der Waals surface area contributed by atoms with E-state index in [1.54, 1.807) is 32.3 Å². The van der Waals surface area contributed by atoms with Crippen LogP contribution in [0.3, 0.4) is 0 Å². The number of aromatic nitrogens is 1. The maximum Gasteiger partial charge on any atom is 1.00 e. The van der Waals surface area contributed by atoms with Crippen LogP contribution in [0.15, 0.2) is 46.7 Å². The molecule has 0 fully saturated rings. The number of aliphatic hydroxyl groups is 1. The van der Waals surface area contributed by atoms with E-state index < -0.39 is 18.2 Å². The Kier molecular flexibility index (Phi) is 11.5. The molecule has 0 saturated heterocycles. The molecule has 4 N–H and O–H groups in total. The molecule has 0 spiro atoms. The summed E-state index contributed by atoms with van der Waals surface area (Å²) >= 11 is 0. The number of hydrogen-bond donors (Lipinski definition) is 3. The second kappa shape index (κ2) is 13.0. The van der Waals surface area contributed by atoms with Crippen molar-refractivity contribution in [1.82, 2.24) is 4.98 Å². The summed E-state index contributed by atoms with van der Waals surface area (Å²) in [5, 5.41) is 15.9. The van der Waals surface area contributed by atoms with Crippen LogP contribution in [-0.4, -0.2) is 23.0 Å². The zero-order valence-electron chi connectivity index (χ0n) is 18.5. The largest absolute Gasteiger partial charge is 1.00 e. The Morgan fingerprint density at radius 2 is 1.90 bits per heavy atom. The van der Waals surface area contributed by atoms with Crippen molar-refractivity contribution in [2.75, 3.05) is 12.4 Å². The number of nitrogens with zero attached hydrogens (tertiary/aromatic N) is 3. The second-order valence-electron chi connectivity index (χ2n) is 6.74. The minimum Gasteiger partial charge on any atom is -0.690 e. The topological polar surface area (TPSA) is 97.6 Å². The number of nitrogens with two attached hydrogens (primary N) is 1. The van der Waals surface area contributed by atoms with E-state index in [9.17, 15) is 8.78 Å². The number of halogens is 2. The Balaban J connectivity index is 0.00000480. The van der Waals surface area contributed by atoms with Crippen molar-refractivity contribution < 1.29 is 65.3 Å². The molecular weight excluding hydrogens is 427 g/mol. The number of aliphatic imine (C=N–C) groups is 1. The van der Waals surface area contributed by atoms with Crippen molar-refractivity contribution in [3.63, 3.8) is 0 Å². The van der Waals surface area contributed by atoms with E-state index in [4.69, 9.17) is 10.8 Å². The van der Waals surface area contributed by atoms with Crippen molar-refractivity contribution in [2.45, 2.75) is 33.8 Å². The smallest absolute Gasteiger partial charge is 0.690 e. The van der Waals surface area contributed by atoms with Gasteiger partial charge in [0.15, 0.2) is 5.82 Å². The molecule has 160 valence electrons. The predicted molar refractivity (Wildman–Crippen MR) is 118 cm³/mol. The number of benzene rings is 1. The third kappa shape index (κ3) is 8.10. The summed E-state index contributed by atoms with van der Waals surface area (Å²) in [6, 6.07) is 3.73. The molecule has 1 heterocycles. The summed E-state index contributed by atoms with van der Waals surface area (Å²) in [5.41, 5.74) is 8.54. The van der Waals surface area contributed by atoms with Crippen molar-refractivity contribution in [2.24, 2.45) is 10.7 Å². The molecule has 2 aromatic rings. The average Bonchev–Trinajstić information content (AvgIpc) is 2.71. The summed E-state index contributed by atoms with van der Waals surface area (Å²) in [4.78, 5) is 8.51. The van der Waals surface area contributed by atoms with Crippen LogP contribution < -0.4 is 62.4 Å². The van der Waals surface area contributed by atoms with Gasteiger partial charge in [-0.1, -0.05) is 25.5 Å². The van der Waals surface area contributed by atoms with Crippen LogP contribution in [0.4, 0.5) is 26.0 Å². The van der Waals surface area contributed by atoms with E-state index in [2.05, 4.69) is 20.6 Å². The van der Waals surface area contributed by atoms with Gasteiger partial charge in [-0.15, -0.1) is 7.05 Å². The third-order valence-electron chi connectivity index (χ3n) is 4.38. The number of pyridine rings is 1. The van der Waals surface area contributed by atoms with Crippen LogP contribution in [-0.2, 0) is 6.61 Å². The number of aliphatic hydroxyl groups excluding tert-OH is 1. The average molecular weight is 454 g/mol. The van der Waals surface area contributed by atoms with Gasteiger partial charge in [-0.05, 0) is 37.1 Å². The van der Waals surface area contributed by atoms with Gasteiger partial charge in [-0.25, -0.2) is 18.8 Å². The normalized spacial score (nSPS) is 12.4. The third-order valence-corrected chi connectivity index (χ3v) is 4.38. The van der Waals surface area contributed by atoms with E-state index in [1.165, 1.54) is 0 Å². The quantitative estimate of drug-likeness (QED) is 0.325. The number of hydrogen-bond acceptors (Lipinski definition) is 4. The Hall–Kier alpha value is -1.62. The molecule has 6 nitrogen and oxygen atoms in total. The Labute approximate surface area is 224 Å². The molecular formula is C22H26F2KN5O. The SMILES string of the molecule is CCC(C)=Cc1cnc(N=C(N)/C=C(/C)[N-]C)cc1Nc1c(F)cc(CO)cc1F.[K+]. The minimum absolute atomic E-state index is 0. The van der Waals surface area contributed by atoms with E-state index in [-0.39, 0.29) is 74.3 Å². The molecule has 0 saturated carbocycles. The van der Waals surface area contributed by atoms with Gasteiger partial charge in [0.25, 0.3) is 0 Å². The van der Waals surface area contributed by atoms with Gasteiger partial charge in [-0.2, -0.15) is 5.70 Å². The molecule has 9 heteroatoms. The molecule has 0 aliphatic carbocycles. The fraction of sp³-hybridized carbons (Fsp3) is 0.273. The van der Waals surface area contributed by atoms with Crippen LogP contribution in [0.5, 0.6) is 0 Å². The van der Waals surface area contributed by atoms with Crippen LogP contribution >= 0.6 is 0 Å². The number of amidine groups is 1. The minimum atomic E-state index is -0.814. The van der Waals surface area contributed by atoms with E-state index >= 15 is 0 Å². The van der Waals surface area contributed by atoms with E-state index in [0.717, 1.165) is 24.1 Å². The monoisotopic (exact) mass is 453 g/mol. The fourth-order valence-corrected chi connectivity index (χ4v) is 2.52. The summed E-state index contributed by atoms with van der Waals surface area (Å²) < 4.78 is 28.9. The van der Waals surface area contributed by atoms with Crippen molar-refractivity contribution >= 4 is 29.1 Å². The zero-order valence-corrected chi connectivity index (χ0v) is 21.6. The number of rotatable bonds is 8. The van der Waals surface area contributed by atoms with Gasteiger partial charge >= 0.3 is 51.4 Å². The number of nitrogens with one attached hydrogen (secondary N) is 1. The molecule has 0 radical (unpaired) electrons. The first-order valence-electron chi connectivity index (χ1n) is 9.42. The van der Waals surface area contributed by atoms with E-state index in [1.807, 2.05) is 19.9 Å². The van der Waals surface area contributed by atoms with Gasteiger partial charge < -0.3 is 21.5 Å². The first-order valence-corrected chi connectivity index (χ1v) is 9.42. The second-order valence-corrected chi connectivity index (χ2v) is 6.74. The van der Waals surface area contributed by atoms with Crippen molar-refractivity contribution in [3.05, 3.63) is 69.8 Å². The zero-order chi connectivity index (χ0) is 22.3. The summed E-state index contributed by atoms with van der Waals surface area (Å²) in [7, 11) is 1.64. The van der Waals surface area contributed by atoms with Gasteiger partial charge in [-0.3, -0.25) is 0 Å². The predicted octanol–water partition coefficient (Wildman–Crippen LogP) is 2.31. The first kappa shape index (κ1) is 27.4. The molecule has 31 heavy (non-hydrogen) atoms. The standard InChI is InChI=1S/C22H26F2N5O.K/c1-5-13(2)6-16-11-27-21(29-20(25)7-14(3)26-4)10-19(16)28-22-17(23)8-15(12-30)9-18(22)24;/h6-11,30H,5,12H2,1-4H3,(H3,25,27,28,29);/q-1;+1/b13-6?,14-7-;. The summed E-state index contributed by atoms with van der Waals surface area (Å²) in [5.74, 6) is -1.15. The number of anilines is 2. The molecule has 0 unspecified atom stereocenters. The molecule has 2 rings (SSSR count). The van der Waals surface area contributed by atoms with Gasteiger partial charge in [0.2, 0.25) is 0 Å². The maximum absolute atomic E-state index is 14.4. The number of allylic oxidation sites excluding steroid dienone is 2. The molecule has 0 bridgehead atoms. The summed E-state index contributed by atoms with van der Waals surface area (Å²) in [6.45, 7) is 5.28. The molecule has 0 aliphatic rings. The van der Waals surface area contributed by atoms with Crippen LogP contribution in [0, 0.1) is 11.6 Å². The van der Waals surface area contributed by atoms with Crippen LogP contribution in [0.1, 0.15) is 38.3 Å². The summed E-state index contributed by atoms with van der Waals surface area (Å²) in [6.07, 6.45) is 5.85. The Bertz CT molecular complexity index is 982. The van der Waals surface area contributed by atoms with E-state index in [0.29, 0.717) is 16.9 Å². The van der Waals surface area contributed by atoms with Gasteiger partial charge in [0, 0.05) is 17.8 Å². The maximum atomic E-state index is 14.4. The van der Waals surface area contributed by atoms with Crippen molar-refractivity contribution in [3.8, 4) is 0 Å². The van der Waals surface area contributed by atoms with Gasteiger partial charge in [0.05, 0.1) is 12.3 Å². The van der Waals surface area contributed by atoms with Crippen LogP contribution in [0.25, 0.3) is 11.4 Å². The molecule has 0 atom stereocenters. The van der Waals surface area contributed by atoms with Gasteiger partial charge in [0.1, 0.15) is 23.2 Å². The molecule has 0 amide bonds. The first-order chi connectivity index (χ1) is 14.3. The van der Waals surface area contributed by atoms with Crippen molar-refractivity contribution in [1.29, 1.82) is 0 Å².